The van der Waals surface area contributed by atoms with Crippen LogP contribution >= 0.6 is 0 Å². The highest BCUT2D eigenvalue weighted by Gasteiger charge is 2.33. The summed E-state index contributed by atoms with van der Waals surface area (Å²) in [5.74, 6) is 0.493. The fraction of sp³-hybridized carbons (Fsp3) is 0.368. The first-order valence-corrected chi connectivity index (χ1v) is 10.2. The van der Waals surface area contributed by atoms with E-state index in [2.05, 4.69) is 10.3 Å². The highest BCUT2D eigenvalue weighted by molar-refractivity contribution is 7.89. The van der Waals surface area contributed by atoms with Gasteiger partial charge in [0, 0.05) is 19.3 Å². The number of anilines is 1. The Labute approximate surface area is 159 Å². The number of piperidine rings is 1. The van der Waals surface area contributed by atoms with Crippen molar-refractivity contribution in [2.45, 2.75) is 24.7 Å². The molecule has 1 unspecified atom stereocenters. The van der Waals surface area contributed by atoms with Gasteiger partial charge in [-0.1, -0.05) is 6.07 Å². The van der Waals surface area contributed by atoms with E-state index in [0.717, 1.165) is 5.56 Å². The maximum atomic E-state index is 12.9. The van der Waals surface area contributed by atoms with E-state index in [9.17, 15) is 13.2 Å². The van der Waals surface area contributed by atoms with Crippen LogP contribution in [0.5, 0.6) is 5.75 Å². The van der Waals surface area contributed by atoms with Crippen molar-refractivity contribution in [2.75, 3.05) is 25.5 Å². The second-order valence-electron chi connectivity index (χ2n) is 6.54. The summed E-state index contributed by atoms with van der Waals surface area (Å²) in [6.07, 6.45) is 2.89. The van der Waals surface area contributed by atoms with Crippen LogP contribution in [0.3, 0.4) is 0 Å². The maximum Gasteiger partial charge on any atom is 0.243 e. The van der Waals surface area contributed by atoms with Crippen molar-refractivity contribution in [1.29, 1.82) is 0 Å². The van der Waals surface area contributed by atoms with Crippen molar-refractivity contribution >= 4 is 21.7 Å². The molecule has 1 fully saturated rings. The average molecular weight is 389 g/mol. The van der Waals surface area contributed by atoms with Gasteiger partial charge in [0.25, 0.3) is 0 Å². The summed E-state index contributed by atoms with van der Waals surface area (Å²) in [7, 11) is -2.12. The molecule has 7 nitrogen and oxygen atoms in total. The molecule has 0 spiro atoms. The zero-order valence-corrected chi connectivity index (χ0v) is 16.2. The maximum absolute atomic E-state index is 12.9. The molecule has 8 heteroatoms. The molecule has 1 atom stereocenters. The van der Waals surface area contributed by atoms with Gasteiger partial charge in [-0.05, 0) is 55.7 Å². The van der Waals surface area contributed by atoms with E-state index in [-0.39, 0.29) is 17.3 Å². The lowest BCUT2D eigenvalue weighted by atomic mass is 9.99. The topological polar surface area (TPSA) is 88.6 Å². The van der Waals surface area contributed by atoms with E-state index in [1.165, 1.54) is 23.5 Å². The van der Waals surface area contributed by atoms with Gasteiger partial charge in [-0.2, -0.15) is 4.31 Å². The highest BCUT2D eigenvalue weighted by atomic mass is 32.2. The van der Waals surface area contributed by atoms with Gasteiger partial charge < -0.3 is 10.1 Å². The smallest absolute Gasteiger partial charge is 0.243 e. The SMILES string of the molecule is COc1ccc(S(=O)(=O)N2CCCC(C(=O)Nc3ncccc3C)C2)cc1. The third-order valence-corrected chi connectivity index (χ3v) is 6.58. The minimum Gasteiger partial charge on any atom is -0.497 e. The van der Waals surface area contributed by atoms with Crippen molar-refractivity contribution in [3.05, 3.63) is 48.2 Å². The Morgan fingerprint density at radius 2 is 2.00 bits per heavy atom. The zero-order chi connectivity index (χ0) is 19.4. The van der Waals surface area contributed by atoms with E-state index < -0.39 is 15.9 Å². The van der Waals surface area contributed by atoms with Crippen molar-refractivity contribution in [3.8, 4) is 5.75 Å². The summed E-state index contributed by atoms with van der Waals surface area (Å²) in [5.41, 5.74) is 0.865. The van der Waals surface area contributed by atoms with Gasteiger partial charge in [-0.15, -0.1) is 0 Å². The van der Waals surface area contributed by atoms with Crippen LogP contribution in [0.1, 0.15) is 18.4 Å². The number of amides is 1. The number of ether oxygens (including phenoxy) is 1. The minimum atomic E-state index is -3.65. The molecule has 1 N–H and O–H groups in total. The Morgan fingerprint density at radius 1 is 1.26 bits per heavy atom. The molecular weight excluding hydrogens is 366 g/mol. The molecule has 1 aliphatic heterocycles. The summed E-state index contributed by atoms with van der Waals surface area (Å²) in [6, 6.07) is 9.94. The number of rotatable bonds is 5. The second-order valence-corrected chi connectivity index (χ2v) is 8.47. The summed E-state index contributed by atoms with van der Waals surface area (Å²) in [4.78, 5) is 17.0. The van der Waals surface area contributed by atoms with Gasteiger partial charge in [-0.25, -0.2) is 13.4 Å². The van der Waals surface area contributed by atoms with Crippen LogP contribution in [0.2, 0.25) is 0 Å². The Bertz CT molecular complexity index is 913. The minimum absolute atomic E-state index is 0.159. The monoisotopic (exact) mass is 389 g/mol. The Morgan fingerprint density at radius 3 is 2.67 bits per heavy atom. The van der Waals surface area contributed by atoms with E-state index in [0.29, 0.717) is 31.0 Å². The number of carbonyl (C=O) groups is 1. The molecular formula is C19H23N3O4S. The third-order valence-electron chi connectivity index (χ3n) is 4.70. The van der Waals surface area contributed by atoms with Crippen molar-refractivity contribution in [1.82, 2.24) is 9.29 Å². The molecule has 1 aromatic heterocycles. The van der Waals surface area contributed by atoms with Gasteiger partial charge in [0.15, 0.2) is 0 Å². The number of pyridine rings is 1. The summed E-state index contributed by atoms with van der Waals surface area (Å²) in [6.45, 7) is 2.43. The highest BCUT2D eigenvalue weighted by Crippen LogP contribution is 2.26. The third kappa shape index (κ3) is 4.28. The van der Waals surface area contributed by atoms with Crippen LogP contribution in [-0.4, -0.2) is 43.8 Å². The number of nitrogens with zero attached hydrogens (tertiary/aromatic N) is 2. The number of carbonyl (C=O) groups excluding carboxylic acids is 1. The quantitative estimate of drug-likeness (QED) is 0.848. The Hall–Kier alpha value is -2.45. The molecule has 1 aromatic carbocycles. The van der Waals surface area contributed by atoms with E-state index in [1.807, 2.05) is 13.0 Å². The lowest BCUT2D eigenvalue weighted by Gasteiger charge is -2.31. The van der Waals surface area contributed by atoms with Crippen LogP contribution in [0.25, 0.3) is 0 Å². The summed E-state index contributed by atoms with van der Waals surface area (Å²) < 4.78 is 32.3. The second kappa shape index (κ2) is 8.06. The van der Waals surface area contributed by atoms with Crippen LogP contribution in [-0.2, 0) is 14.8 Å². The molecule has 3 rings (SSSR count). The standard InChI is InChI=1S/C19H23N3O4S/c1-14-5-3-11-20-18(14)21-19(23)15-6-4-12-22(13-15)27(24,25)17-9-7-16(26-2)8-10-17/h3,5,7-11,15H,4,6,12-13H2,1-2H3,(H,20,21,23). The van der Waals surface area contributed by atoms with Crippen molar-refractivity contribution < 1.29 is 17.9 Å². The van der Waals surface area contributed by atoms with Gasteiger partial charge in [0.05, 0.1) is 17.9 Å². The molecule has 0 bridgehead atoms. The molecule has 0 aliphatic carbocycles. The molecule has 0 radical (unpaired) electrons. The van der Waals surface area contributed by atoms with Gasteiger partial charge >= 0.3 is 0 Å². The van der Waals surface area contributed by atoms with Crippen molar-refractivity contribution in [2.24, 2.45) is 5.92 Å². The van der Waals surface area contributed by atoms with Crippen molar-refractivity contribution in [3.63, 3.8) is 0 Å². The summed E-state index contributed by atoms with van der Waals surface area (Å²) >= 11 is 0. The van der Waals surface area contributed by atoms with Gasteiger partial charge in [0.1, 0.15) is 11.6 Å². The molecule has 2 aromatic rings. The first-order valence-electron chi connectivity index (χ1n) is 8.78. The average Bonchev–Trinajstić information content (AvgIpc) is 2.70. The lowest BCUT2D eigenvalue weighted by Crippen LogP contribution is -2.43. The van der Waals surface area contributed by atoms with E-state index >= 15 is 0 Å². The molecule has 1 saturated heterocycles. The van der Waals surface area contributed by atoms with Crippen LogP contribution < -0.4 is 10.1 Å². The fourth-order valence-electron chi connectivity index (χ4n) is 3.11. The van der Waals surface area contributed by atoms with Crippen LogP contribution in [0.15, 0.2) is 47.5 Å². The summed E-state index contributed by atoms with van der Waals surface area (Å²) in [5, 5.41) is 2.82. The van der Waals surface area contributed by atoms with Crippen LogP contribution in [0, 0.1) is 12.8 Å². The normalized spacial score (nSPS) is 18.1. The largest absolute Gasteiger partial charge is 0.497 e. The Kier molecular flexibility index (Phi) is 5.76. The molecule has 1 aliphatic rings. The fourth-order valence-corrected chi connectivity index (χ4v) is 4.63. The number of methoxy groups -OCH3 is 1. The van der Waals surface area contributed by atoms with Gasteiger partial charge in [-0.3, -0.25) is 4.79 Å². The lowest BCUT2D eigenvalue weighted by molar-refractivity contribution is -0.120. The molecule has 2 heterocycles. The van der Waals surface area contributed by atoms with Gasteiger partial charge in [0.2, 0.25) is 15.9 Å². The molecule has 1 amide bonds. The number of aryl methyl sites for hydroxylation is 1. The first kappa shape index (κ1) is 19.3. The Balaban J connectivity index is 1.72. The number of nitrogens with one attached hydrogen (secondary N) is 1. The number of aromatic nitrogens is 1. The number of sulfonamides is 1. The first-order chi connectivity index (χ1) is 12.9. The van der Waals surface area contributed by atoms with E-state index in [4.69, 9.17) is 4.74 Å². The molecule has 0 saturated carbocycles. The predicted molar refractivity (Wildman–Crippen MR) is 102 cm³/mol. The number of hydrogen-bond donors (Lipinski definition) is 1. The molecule has 144 valence electrons. The van der Waals surface area contributed by atoms with E-state index in [1.54, 1.807) is 24.4 Å². The number of benzene rings is 1. The zero-order valence-electron chi connectivity index (χ0n) is 15.4. The number of hydrogen-bond acceptors (Lipinski definition) is 5. The molecule has 27 heavy (non-hydrogen) atoms. The van der Waals surface area contributed by atoms with Crippen LogP contribution in [0.4, 0.5) is 5.82 Å². The predicted octanol–water partition coefficient (Wildman–Crippen LogP) is 2.44.